The van der Waals surface area contributed by atoms with Gasteiger partial charge < -0.3 is 9.13 Å². The van der Waals surface area contributed by atoms with Crippen molar-refractivity contribution in [1.82, 2.24) is 19.1 Å². The molecule has 3 heterocycles. The predicted octanol–water partition coefficient (Wildman–Crippen LogP) is 23.6. The van der Waals surface area contributed by atoms with Crippen LogP contribution in [0, 0.1) is 25.2 Å². The summed E-state index contributed by atoms with van der Waals surface area (Å²) in [6.45, 7) is 3.02. The summed E-state index contributed by atoms with van der Waals surface area (Å²) < 4.78 is 348. The minimum absolute atomic E-state index is 0.0358. The van der Waals surface area contributed by atoms with Crippen LogP contribution in [0.15, 0.2) is 164 Å². The number of aryl methyl sites for hydroxylation is 2. The Labute approximate surface area is 533 Å². The molecule has 3 aromatic heterocycles. The van der Waals surface area contributed by atoms with Crippen LogP contribution in [-0.4, -0.2) is 19.1 Å². The van der Waals surface area contributed by atoms with E-state index in [9.17, 15) is 111 Å². The zero-order valence-electron chi connectivity index (χ0n) is 48.9. The molecule has 0 bridgehead atoms. The molecular weight excluding hydrogens is 1350 g/mol. The van der Waals surface area contributed by atoms with Gasteiger partial charge in [-0.3, -0.25) is 0 Å². The molecule has 0 aliphatic rings. The molecule has 0 amide bonds. The third-order valence-corrected chi connectivity index (χ3v) is 16.2. The highest BCUT2D eigenvalue weighted by atomic mass is 19.4. The van der Waals surface area contributed by atoms with Crippen molar-refractivity contribution in [2.45, 2.75) is 63.3 Å². The van der Waals surface area contributed by atoms with Crippen LogP contribution in [0.25, 0.3) is 111 Å². The normalized spacial score (nSPS) is 13.2. The summed E-state index contributed by atoms with van der Waals surface area (Å²) in [6.07, 6.45) is -43.0. The number of aromatic nitrogens is 4. The number of hydrogen-bond acceptors (Lipinski definition) is 3. The number of hydrogen-bond donors (Lipinski definition) is 0. The van der Waals surface area contributed by atoms with Crippen LogP contribution >= 0.6 is 0 Å². The van der Waals surface area contributed by atoms with Crippen LogP contribution in [0.1, 0.15) is 61.6 Å². The fourth-order valence-corrected chi connectivity index (χ4v) is 11.9. The average molecular weight is 1390 g/mol. The summed E-state index contributed by atoms with van der Waals surface area (Å²) in [7, 11) is 0. The molecule has 98 heavy (non-hydrogen) atoms. The van der Waals surface area contributed by atoms with E-state index in [4.69, 9.17) is 0 Å². The van der Waals surface area contributed by atoms with Crippen LogP contribution in [-0.2, 0) is 49.4 Å². The highest BCUT2D eigenvalue weighted by Gasteiger charge is 2.42. The molecule has 12 aromatic rings. The van der Waals surface area contributed by atoms with Crippen molar-refractivity contribution in [1.29, 1.82) is 5.26 Å². The van der Waals surface area contributed by atoms with Crippen LogP contribution in [0.5, 0.6) is 0 Å². The van der Waals surface area contributed by atoms with Gasteiger partial charge in [-0.25, -0.2) is 9.97 Å². The van der Waals surface area contributed by atoms with Gasteiger partial charge in [0.2, 0.25) is 0 Å². The second kappa shape index (κ2) is 22.8. The van der Waals surface area contributed by atoms with E-state index in [1.54, 1.807) is 6.92 Å². The quantitative estimate of drug-likeness (QED) is 0.149. The molecule has 0 fully saturated rings. The van der Waals surface area contributed by atoms with Gasteiger partial charge in [-0.05, 0) is 198 Å². The van der Waals surface area contributed by atoms with Crippen molar-refractivity contribution >= 4 is 43.6 Å². The molecule has 9 aromatic carbocycles. The standard InChI is InChI=1S/C69H33F24N5/c1-31-11-55(96-32(2)95-31)41-24-60(97-56-7-3-33(37-12-42(62(70,71)72)26-43(13-37)63(73,74)75)20-50(56)51-21-34(4-8-57(51)97)38-14-44(64(76,77)78)27-45(15-38)65(79,80)81)54(30-94)61(25-41)98-58-9-5-35(39-16-46(66(82,83)84)28-47(17-39)67(85,86)87)22-52(58)53-23-36(6-10-59(53)98)40-18-48(68(88,89)90)29-49(19-40)69(91,92)93/h3-29H,1-2H3. The number of rotatable bonds is 7. The van der Waals surface area contributed by atoms with E-state index < -0.39 is 122 Å². The van der Waals surface area contributed by atoms with E-state index in [0.717, 1.165) is 72.8 Å². The maximum Gasteiger partial charge on any atom is 0.416 e. The van der Waals surface area contributed by atoms with E-state index in [1.807, 2.05) is 0 Å². The first kappa shape index (κ1) is 67.5. The highest BCUT2D eigenvalue weighted by molar-refractivity contribution is 6.14. The Hall–Kier alpha value is -10.5. The zero-order valence-corrected chi connectivity index (χ0v) is 48.9. The van der Waals surface area contributed by atoms with Crippen LogP contribution in [0.4, 0.5) is 105 Å². The Kier molecular flexibility index (Phi) is 15.7. The molecule has 502 valence electrons. The van der Waals surface area contributed by atoms with Gasteiger partial charge in [0.25, 0.3) is 0 Å². The topological polar surface area (TPSA) is 59.4 Å². The SMILES string of the molecule is Cc1cc(-c2cc(-n3c4ccc(-c5cc(C(F)(F)F)cc(C(F)(F)F)c5)cc4c4cc(-c5cc(C(F)(F)F)cc(C(F)(F)F)c5)ccc43)c(C#N)c(-n3c4ccc(-c5cc(C(F)(F)F)cc(C(F)(F)F)c5)cc4c4cc(-c5cc(C(F)(F)F)cc(C(F)(F)F)c5)ccc43)c2)nc(C)n1. The zero-order chi connectivity index (χ0) is 71.3. The Morgan fingerprint density at radius 3 is 0.714 bits per heavy atom. The van der Waals surface area contributed by atoms with Crippen molar-refractivity contribution < 1.29 is 105 Å². The molecule has 0 aliphatic carbocycles. The van der Waals surface area contributed by atoms with Gasteiger partial charge in [0, 0.05) is 32.8 Å². The van der Waals surface area contributed by atoms with Gasteiger partial charge in [0.05, 0.1) is 83.6 Å². The number of benzene rings is 9. The number of halogens is 24. The van der Waals surface area contributed by atoms with Crippen molar-refractivity contribution in [2.24, 2.45) is 0 Å². The van der Waals surface area contributed by atoms with Gasteiger partial charge in [0.15, 0.2) is 0 Å². The Balaban J connectivity index is 1.21. The molecule has 0 saturated carbocycles. The maximum atomic E-state index is 14.4. The monoisotopic (exact) mass is 1390 g/mol. The Bertz CT molecular complexity index is 4600. The summed E-state index contributed by atoms with van der Waals surface area (Å²) in [5.41, 5.74) is -19.4. The minimum atomic E-state index is -5.38. The van der Waals surface area contributed by atoms with Crippen molar-refractivity contribution in [3.63, 3.8) is 0 Å². The van der Waals surface area contributed by atoms with Crippen LogP contribution in [0.3, 0.4) is 0 Å². The summed E-state index contributed by atoms with van der Waals surface area (Å²) in [4.78, 5) is 8.89. The first-order valence-electron chi connectivity index (χ1n) is 28.1. The molecule has 0 N–H and O–H groups in total. The molecule has 0 aliphatic heterocycles. The third-order valence-electron chi connectivity index (χ3n) is 16.2. The average Bonchev–Trinajstić information content (AvgIpc) is 1.55. The second-order valence-electron chi connectivity index (χ2n) is 22.7. The molecular formula is C69H33F24N5. The lowest BCUT2D eigenvalue weighted by Crippen LogP contribution is -2.11. The molecule has 0 spiro atoms. The summed E-state index contributed by atoms with van der Waals surface area (Å²) in [5, 5.41) is 11.0. The fraction of sp³-hybridized carbons (Fsp3) is 0.145. The largest absolute Gasteiger partial charge is 0.416 e. The van der Waals surface area contributed by atoms with E-state index in [2.05, 4.69) is 16.0 Å². The molecule has 0 saturated heterocycles. The smallest absolute Gasteiger partial charge is 0.308 e. The molecule has 0 radical (unpaired) electrons. The van der Waals surface area contributed by atoms with Gasteiger partial charge in [-0.2, -0.15) is 111 Å². The van der Waals surface area contributed by atoms with E-state index in [0.29, 0.717) is 54.2 Å². The fourth-order valence-electron chi connectivity index (χ4n) is 11.9. The lowest BCUT2D eigenvalue weighted by atomic mass is 9.96. The van der Waals surface area contributed by atoms with Crippen molar-refractivity contribution in [3.05, 3.63) is 225 Å². The minimum Gasteiger partial charge on any atom is -0.308 e. The van der Waals surface area contributed by atoms with Gasteiger partial charge in [0.1, 0.15) is 17.5 Å². The van der Waals surface area contributed by atoms with Gasteiger partial charge >= 0.3 is 49.4 Å². The highest BCUT2D eigenvalue weighted by Crippen LogP contribution is 2.49. The van der Waals surface area contributed by atoms with Crippen LogP contribution in [0.2, 0.25) is 0 Å². The maximum absolute atomic E-state index is 14.4. The Morgan fingerprint density at radius 1 is 0.276 bits per heavy atom. The lowest BCUT2D eigenvalue weighted by Gasteiger charge is -2.19. The molecule has 29 heteroatoms. The number of nitrogens with zero attached hydrogens (tertiary/aromatic N) is 5. The molecule has 12 rings (SSSR count). The summed E-state index contributed by atoms with van der Waals surface area (Å²) in [5.74, 6) is 0.124. The molecule has 0 atom stereocenters. The lowest BCUT2D eigenvalue weighted by molar-refractivity contribution is -0.144. The predicted molar refractivity (Wildman–Crippen MR) is 312 cm³/mol. The number of fused-ring (bicyclic) bond motifs is 6. The van der Waals surface area contributed by atoms with Crippen molar-refractivity contribution in [2.75, 3.05) is 0 Å². The molecule has 0 unspecified atom stereocenters. The second-order valence-corrected chi connectivity index (χ2v) is 22.7. The molecule has 5 nitrogen and oxygen atoms in total. The van der Waals surface area contributed by atoms with Gasteiger partial charge in [-0.1, -0.05) is 24.3 Å². The first-order valence-corrected chi connectivity index (χ1v) is 28.1. The van der Waals surface area contributed by atoms with E-state index in [1.165, 1.54) is 34.3 Å². The van der Waals surface area contributed by atoms with E-state index in [-0.39, 0.29) is 119 Å². The summed E-state index contributed by atoms with van der Waals surface area (Å²) in [6, 6.07) is 21.9. The third kappa shape index (κ3) is 12.7. The first-order chi connectivity index (χ1) is 45.3. The van der Waals surface area contributed by atoms with Crippen LogP contribution < -0.4 is 0 Å². The van der Waals surface area contributed by atoms with Gasteiger partial charge in [-0.15, -0.1) is 0 Å². The summed E-state index contributed by atoms with van der Waals surface area (Å²) >= 11 is 0. The number of alkyl halides is 24. The van der Waals surface area contributed by atoms with Crippen molar-refractivity contribution in [3.8, 4) is 73.2 Å². The van der Waals surface area contributed by atoms with E-state index >= 15 is 0 Å². The number of nitriles is 1. The Morgan fingerprint density at radius 2 is 0.510 bits per heavy atom.